The molecule has 0 N–H and O–H groups in total. The number of unbranched alkanes of at least 4 members (excludes halogenated alkanes) is 1. The van der Waals surface area contributed by atoms with Crippen LogP contribution in [0.15, 0.2) is 60.7 Å². The van der Waals surface area contributed by atoms with Gasteiger partial charge < -0.3 is 0 Å². The van der Waals surface area contributed by atoms with Crippen molar-refractivity contribution in [2.24, 2.45) is 5.92 Å². The summed E-state index contributed by atoms with van der Waals surface area (Å²) < 4.78 is 0. The molecule has 0 fully saturated rings. The predicted octanol–water partition coefficient (Wildman–Crippen LogP) is 6.20. The van der Waals surface area contributed by atoms with E-state index in [1.165, 1.54) is 29.7 Å². The van der Waals surface area contributed by atoms with Crippen molar-refractivity contribution in [2.45, 2.75) is 52.1 Å². The molecular formula is C22H31NS. The van der Waals surface area contributed by atoms with Gasteiger partial charge in [0.25, 0.3) is 0 Å². The molecule has 0 aromatic heterocycles. The lowest BCUT2D eigenvalue weighted by atomic mass is 10.1. The minimum Gasteiger partial charge on any atom is -0.283 e. The first-order chi connectivity index (χ1) is 11.7. The molecule has 1 unspecified atom stereocenters. The summed E-state index contributed by atoms with van der Waals surface area (Å²) in [5.74, 6) is 1.89. The standard InChI is InChI=1S/C22H31NS/c1-4-5-16-24-22(19(2)3)23(17-20-12-8-6-9-13-20)18-21-14-10-7-11-15-21/h6-15,19,22H,4-5,16-18H2,1-3H3. The lowest BCUT2D eigenvalue weighted by molar-refractivity contribution is 0.202. The molecular weight excluding hydrogens is 310 g/mol. The third-order valence-electron chi connectivity index (χ3n) is 4.17. The van der Waals surface area contributed by atoms with Crippen molar-refractivity contribution in [1.29, 1.82) is 0 Å². The molecule has 0 aliphatic carbocycles. The largest absolute Gasteiger partial charge is 0.283 e. The summed E-state index contributed by atoms with van der Waals surface area (Å²) in [5, 5.41) is 0.553. The maximum atomic E-state index is 2.65. The zero-order valence-electron chi connectivity index (χ0n) is 15.3. The first-order valence-electron chi connectivity index (χ1n) is 9.14. The van der Waals surface area contributed by atoms with Gasteiger partial charge in [-0.2, -0.15) is 0 Å². The van der Waals surface area contributed by atoms with E-state index in [-0.39, 0.29) is 0 Å². The Kier molecular flexibility index (Phi) is 8.41. The Hall–Kier alpha value is -1.25. The number of nitrogens with zero attached hydrogens (tertiary/aromatic N) is 1. The Balaban J connectivity index is 2.15. The van der Waals surface area contributed by atoms with E-state index in [0.717, 1.165) is 13.1 Å². The van der Waals surface area contributed by atoms with Crippen molar-refractivity contribution < 1.29 is 0 Å². The SMILES string of the molecule is CCCCSC(C(C)C)N(Cc1ccccc1)Cc1ccccc1. The van der Waals surface area contributed by atoms with E-state index in [9.17, 15) is 0 Å². The summed E-state index contributed by atoms with van der Waals surface area (Å²) in [6, 6.07) is 21.7. The van der Waals surface area contributed by atoms with Gasteiger partial charge in [0.2, 0.25) is 0 Å². The average molecular weight is 342 g/mol. The monoisotopic (exact) mass is 341 g/mol. The first-order valence-corrected chi connectivity index (χ1v) is 10.2. The van der Waals surface area contributed by atoms with E-state index >= 15 is 0 Å². The predicted molar refractivity (Wildman–Crippen MR) is 108 cm³/mol. The number of hydrogen-bond donors (Lipinski definition) is 0. The highest BCUT2D eigenvalue weighted by Crippen LogP contribution is 2.28. The normalized spacial score (nSPS) is 12.7. The second-order valence-corrected chi connectivity index (χ2v) is 7.96. The number of benzene rings is 2. The molecule has 24 heavy (non-hydrogen) atoms. The molecule has 0 saturated heterocycles. The highest BCUT2D eigenvalue weighted by Gasteiger charge is 2.22. The summed E-state index contributed by atoms with van der Waals surface area (Å²) in [5.41, 5.74) is 2.80. The van der Waals surface area contributed by atoms with Crippen LogP contribution in [0.2, 0.25) is 0 Å². The molecule has 0 radical (unpaired) electrons. The lowest BCUT2D eigenvalue weighted by Gasteiger charge is -2.34. The molecule has 0 aliphatic heterocycles. The first kappa shape index (κ1) is 19.1. The Morgan fingerprint density at radius 2 is 1.33 bits per heavy atom. The van der Waals surface area contributed by atoms with Crippen molar-refractivity contribution in [3.05, 3.63) is 71.8 Å². The van der Waals surface area contributed by atoms with E-state index in [4.69, 9.17) is 0 Å². The molecule has 0 bridgehead atoms. The van der Waals surface area contributed by atoms with Gasteiger partial charge in [-0.05, 0) is 29.2 Å². The molecule has 0 spiro atoms. The fourth-order valence-electron chi connectivity index (χ4n) is 2.94. The van der Waals surface area contributed by atoms with Crippen LogP contribution in [0.1, 0.15) is 44.7 Å². The van der Waals surface area contributed by atoms with Gasteiger partial charge in [0.05, 0.1) is 5.37 Å². The second-order valence-electron chi connectivity index (χ2n) is 6.74. The summed E-state index contributed by atoms with van der Waals surface area (Å²) >= 11 is 2.13. The summed E-state index contributed by atoms with van der Waals surface area (Å²) in [6.45, 7) is 9.01. The lowest BCUT2D eigenvalue weighted by Crippen LogP contribution is -2.36. The van der Waals surface area contributed by atoms with Crippen molar-refractivity contribution in [3.63, 3.8) is 0 Å². The van der Waals surface area contributed by atoms with Crippen LogP contribution in [0.5, 0.6) is 0 Å². The average Bonchev–Trinajstić information content (AvgIpc) is 2.60. The Bertz CT molecular complexity index is 511. The number of thioether (sulfide) groups is 1. The van der Waals surface area contributed by atoms with E-state index < -0.39 is 0 Å². The zero-order chi connectivity index (χ0) is 17.2. The Morgan fingerprint density at radius 3 is 1.75 bits per heavy atom. The molecule has 1 atom stereocenters. The van der Waals surface area contributed by atoms with Gasteiger partial charge in [-0.25, -0.2) is 0 Å². The second kappa shape index (κ2) is 10.6. The van der Waals surface area contributed by atoms with Gasteiger partial charge in [0.15, 0.2) is 0 Å². The molecule has 0 heterocycles. The fraction of sp³-hybridized carbons (Fsp3) is 0.455. The van der Waals surface area contributed by atoms with Crippen LogP contribution in [-0.2, 0) is 13.1 Å². The van der Waals surface area contributed by atoms with Crippen LogP contribution in [0, 0.1) is 5.92 Å². The van der Waals surface area contributed by atoms with Crippen molar-refractivity contribution in [2.75, 3.05) is 5.75 Å². The number of rotatable bonds is 10. The fourth-order valence-corrected chi connectivity index (χ4v) is 4.38. The maximum absolute atomic E-state index is 2.65. The molecule has 2 rings (SSSR count). The van der Waals surface area contributed by atoms with E-state index in [1.807, 2.05) is 0 Å². The third kappa shape index (κ3) is 6.33. The van der Waals surface area contributed by atoms with Gasteiger partial charge in [-0.15, -0.1) is 11.8 Å². The van der Waals surface area contributed by atoms with E-state index in [1.54, 1.807) is 0 Å². The molecule has 2 aromatic carbocycles. The third-order valence-corrected chi connectivity index (χ3v) is 5.88. The van der Waals surface area contributed by atoms with Crippen LogP contribution < -0.4 is 0 Å². The van der Waals surface area contributed by atoms with Crippen LogP contribution in [0.3, 0.4) is 0 Å². The number of hydrogen-bond acceptors (Lipinski definition) is 2. The quantitative estimate of drug-likeness (QED) is 0.373. The smallest absolute Gasteiger partial charge is 0.0586 e. The summed E-state index contributed by atoms with van der Waals surface area (Å²) in [4.78, 5) is 2.65. The molecule has 0 aliphatic rings. The van der Waals surface area contributed by atoms with Crippen molar-refractivity contribution in [3.8, 4) is 0 Å². The zero-order valence-corrected chi connectivity index (χ0v) is 16.1. The van der Waals surface area contributed by atoms with Gasteiger partial charge >= 0.3 is 0 Å². The minimum absolute atomic E-state index is 0.553. The molecule has 0 saturated carbocycles. The summed E-state index contributed by atoms with van der Waals surface area (Å²) in [6.07, 6.45) is 2.58. The molecule has 1 nitrogen and oxygen atoms in total. The van der Waals surface area contributed by atoms with E-state index in [0.29, 0.717) is 11.3 Å². The highest BCUT2D eigenvalue weighted by atomic mass is 32.2. The summed E-state index contributed by atoms with van der Waals surface area (Å²) in [7, 11) is 0. The molecule has 2 aromatic rings. The van der Waals surface area contributed by atoms with Crippen LogP contribution >= 0.6 is 11.8 Å². The van der Waals surface area contributed by atoms with Gasteiger partial charge in [0, 0.05) is 13.1 Å². The maximum Gasteiger partial charge on any atom is 0.0586 e. The van der Waals surface area contributed by atoms with Gasteiger partial charge in [-0.1, -0.05) is 87.9 Å². The highest BCUT2D eigenvalue weighted by molar-refractivity contribution is 7.99. The van der Waals surface area contributed by atoms with E-state index in [2.05, 4.69) is 98.1 Å². The van der Waals surface area contributed by atoms with Gasteiger partial charge in [-0.3, -0.25) is 4.90 Å². The minimum atomic E-state index is 0.553. The molecule has 0 amide bonds. The van der Waals surface area contributed by atoms with Crippen LogP contribution in [0.4, 0.5) is 0 Å². The van der Waals surface area contributed by atoms with Crippen molar-refractivity contribution in [1.82, 2.24) is 4.90 Å². The van der Waals surface area contributed by atoms with Crippen LogP contribution in [0.25, 0.3) is 0 Å². The van der Waals surface area contributed by atoms with Gasteiger partial charge in [0.1, 0.15) is 0 Å². The van der Waals surface area contributed by atoms with Crippen molar-refractivity contribution >= 4 is 11.8 Å². The Labute approximate surface area is 152 Å². The van der Waals surface area contributed by atoms with Crippen LogP contribution in [-0.4, -0.2) is 16.0 Å². The Morgan fingerprint density at radius 1 is 0.833 bits per heavy atom. The topological polar surface area (TPSA) is 3.24 Å². The molecule has 130 valence electrons. The molecule has 2 heteroatoms.